The number of hydrogen-bond donors (Lipinski definition) is 1. The van der Waals surface area contributed by atoms with Crippen LogP contribution in [-0.2, 0) is 10.8 Å². The maximum atomic E-state index is 13.6. The standard InChI is InChI=1S/C31H32FN3O2/c1-19-7-9-20(10-8-19)27-17-26(34-35(27)23-13-11-21(32)12-14-23)29(36)33-22-15-24(30(2,3)4)28-25(16-22)31(5,6)18-37-28/h7-17H,18H2,1-6H3,(H,33,36). The predicted molar refractivity (Wildman–Crippen MR) is 145 cm³/mol. The van der Waals surface area contributed by atoms with E-state index in [2.05, 4.69) is 45.0 Å². The van der Waals surface area contributed by atoms with Crippen molar-refractivity contribution in [3.63, 3.8) is 0 Å². The Morgan fingerprint density at radius 3 is 2.35 bits per heavy atom. The molecule has 5 rings (SSSR count). The summed E-state index contributed by atoms with van der Waals surface area (Å²) in [5.41, 5.74) is 6.27. The average Bonchev–Trinajstić information content (AvgIpc) is 3.41. The van der Waals surface area contributed by atoms with Crippen molar-refractivity contribution in [2.24, 2.45) is 0 Å². The van der Waals surface area contributed by atoms with Gasteiger partial charge in [0, 0.05) is 27.8 Å². The van der Waals surface area contributed by atoms with Gasteiger partial charge in [0.1, 0.15) is 11.6 Å². The van der Waals surface area contributed by atoms with Crippen molar-refractivity contribution in [1.82, 2.24) is 9.78 Å². The molecule has 3 aromatic carbocycles. The van der Waals surface area contributed by atoms with Gasteiger partial charge in [-0.05, 0) is 54.8 Å². The number of carbonyl (C=O) groups excluding carboxylic acids is 1. The predicted octanol–water partition coefficient (Wildman–Crippen LogP) is 7.21. The zero-order chi connectivity index (χ0) is 26.5. The second-order valence-corrected chi connectivity index (χ2v) is 11.4. The van der Waals surface area contributed by atoms with Gasteiger partial charge in [-0.15, -0.1) is 0 Å². The van der Waals surface area contributed by atoms with Gasteiger partial charge in [-0.3, -0.25) is 4.79 Å². The van der Waals surface area contributed by atoms with E-state index in [1.807, 2.05) is 43.3 Å². The van der Waals surface area contributed by atoms with Crippen LogP contribution in [0.4, 0.5) is 10.1 Å². The first-order valence-corrected chi connectivity index (χ1v) is 12.5. The van der Waals surface area contributed by atoms with Gasteiger partial charge in [0.05, 0.1) is 18.0 Å². The maximum Gasteiger partial charge on any atom is 0.276 e. The summed E-state index contributed by atoms with van der Waals surface area (Å²) in [7, 11) is 0. The Bertz CT molecular complexity index is 1410. The second kappa shape index (κ2) is 8.87. The fourth-order valence-corrected chi connectivity index (χ4v) is 4.64. The van der Waals surface area contributed by atoms with Crippen molar-refractivity contribution in [2.45, 2.75) is 52.4 Å². The summed E-state index contributed by atoms with van der Waals surface area (Å²) in [6.07, 6.45) is 0. The van der Waals surface area contributed by atoms with Crippen LogP contribution in [0, 0.1) is 12.7 Å². The number of halogens is 1. The number of nitrogens with one attached hydrogen (secondary N) is 1. The minimum atomic E-state index is -0.330. The van der Waals surface area contributed by atoms with Crippen LogP contribution in [0.3, 0.4) is 0 Å². The molecule has 0 spiro atoms. The molecule has 1 aliphatic heterocycles. The number of fused-ring (bicyclic) bond motifs is 1. The molecular formula is C31H32FN3O2. The van der Waals surface area contributed by atoms with Gasteiger partial charge in [0.2, 0.25) is 0 Å². The van der Waals surface area contributed by atoms with Crippen molar-refractivity contribution in [3.8, 4) is 22.7 Å². The average molecular weight is 498 g/mol. The molecule has 1 amide bonds. The maximum absolute atomic E-state index is 13.6. The van der Waals surface area contributed by atoms with Crippen molar-refractivity contribution in [3.05, 3.63) is 94.9 Å². The molecular weight excluding hydrogens is 465 g/mol. The van der Waals surface area contributed by atoms with E-state index in [1.54, 1.807) is 22.9 Å². The Labute approximate surface area is 217 Å². The SMILES string of the molecule is Cc1ccc(-c2cc(C(=O)Nc3cc(C(C)(C)C)c4c(c3)C(C)(C)CO4)nn2-c2ccc(F)cc2)cc1. The van der Waals surface area contributed by atoms with Gasteiger partial charge in [0.15, 0.2) is 5.69 Å². The van der Waals surface area contributed by atoms with Crippen LogP contribution < -0.4 is 10.1 Å². The molecule has 1 aromatic heterocycles. The van der Waals surface area contributed by atoms with Gasteiger partial charge in [-0.2, -0.15) is 5.10 Å². The quantitative estimate of drug-likeness (QED) is 0.324. The van der Waals surface area contributed by atoms with Crippen LogP contribution in [0.25, 0.3) is 16.9 Å². The number of hydrogen-bond acceptors (Lipinski definition) is 3. The zero-order valence-electron chi connectivity index (χ0n) is 22.1. The lowest BCUT2D eigenvalue weighted by Gasteiger charge is -2.24. The highest BCUT2D eigenvalue weighted by Crippen LogP contribution is 2.46. The summed E-state index contributed by atoms with van der Waals surface area (Å²) in [6.45, 7) is 13.3. The Hall–Kier alpha value is -3.93. The van der Waals surface area contributed by atoms with Crippen LogP contribution >= 0.6 is 0 Å². The minimum absolute atomic E-state index is 0.154. The van der Waals surface area contributed by atoms with E-state index in [1.165, 1.54) is 12.1 Å². The van der Waals surface area contributed by atoms with Crippen LogP contribution in [0.1, 0.15) is 61.8 Å². The first-order valence-electron chi connectivity index (χ1n) is 12.5. The van der Waals surface area contributed by atoms with E-state index in [0.29, 0.717) is 18.0 Å². The highest BCUT2D eigenvalue weighted by molar-refractivity contribution is 6.03. The number of aryl methyl sites for hydroxylation is 1. The van der Waals surface area contributed by atoms with E-state index in [4.69, 9.17) is 4.74 Å². The number of aromatic nitrogens is 2. The largest absolute Gasteiger partial charge is 0.492 e. The summed E-state index contributed by atoms with van der Waals surface area (Å²) in [5.74, 6) is 0.271. The zero-order valence-corrected chi connectivity index (χ0v) is 22.1. The minimum Gasteiger partial charge on any atom is -0.492 e. The Morgan fingerprint density at radius 1 is 1.03 bits per heavy atom. The van der Waals surface area contributed by atoms with Crippen molar-refractivity contribution in [2.75, 3.05) is 11.9 Å². The van der Waals surface area contributed by atoms with Gasteiger partial charge < -0.3 is 10.1 Å². The highest BCUT2D eigenvalue weighted by atomic mass is 19.1. The lowest BCUT2D eigenvalue weighted by atomic mass is 9.80. The molecule has 4 aromatic rings. The molecule has 0 unspecified atom stereocenters. The number of anilines is 1. The van der Waals surface area contributed by atoms with E-state index in [0.717, 1.165) is 33.7 Å². The summed E-state index contributed by atoms with van der Waals surface area (Å²) in [4.78, 5) is 13.5. The number of amides is 1. The van der Waals surface area contributed by atoms with E-state index in [-0.39, 0.29) is 28.2 Å². The van der Waals surface area contributed by atoms with Gasteiger partial charge in [-0.1, -0.05) is 64.4 Å². The smallest absolute Gasteiger partial charge is 0.276 e. The first kappa shape index (κ1) is 24.8. The monoisotopic (exact) mass is 497 g/mol. The van der Waals surface area contributed by atoms with Crippen LogP contribution in [-0.4, -0.2) is 22.3 Å². The van der Waals surface area contributed by atoms with Gasteiger partial charge in [-0.25, -0.2) is 9.07 Å². The number of nitrogens with zero attached hydrogens (tertiary/aromatic N) is 2. The topological polar surface area (TPSA) is 56.1 Å². The first-order chi connectivity index (χ1) is 17.4. The number of carbonyl (C=O) groups is 1. The molecule has 5 nitrogen and oxygen atoms in total. The number of ether oxygens (including phenoxy) is 1. The fraction of sp³-hybridized carbons (Fsp3) is 0.290. The Morgan fingerprint density at radius 2 is 1.70 bits per heavy atom. The Kier molecular flexibility index (Phi) is 5.94. The summed E-state index contributed by atoms with van der Waals surface area (Å²) >= 11 is 0. The molecule has 0 atom stereocenters. The summed E-state index contributed by atoms with van der Waals surface area (Å²) in [6, 6.07) is 19.9. The summed E-state index contributed by atoms with van der Waals surface area (Å²) in [5, 5.41) is 7.70. The van der Waals surface area contributed by atoms with E-state index < -0.39 is 0 Å². The highest BCUT2D eigenvalue weighted by Gasteiger charge is 2.36. The van der Waals surface area contributed by atoms with Crippen molar-refractivity contribution < 1.29 is 13.9 Å². The van der Waals surface area contributed by atoms with Gasteiger partial charge >= 0.3 is 0 Å². The normalized spacial score (nSPS) is 14.2. The van der Waals surface area contributed by atoms with Crippen LogP contribution in [0.15, 0.2) is 66.7 Å². The van der Waals surface area contributed by atoms with Gasteiger partial charge in [0.25, 0.3) is 5.91 Å². The molecule has 1 N–H and O–H groups in total. The number of rotatable bonds is 4. The third-order valence-electron chi connectivity index (χ3n) is 6.82. The Balaban J connectivity index is 1.55. The fourth-order valence-electron chi connectivity index (χ4n) is 4.64. The molecule has 190 valence electrons. The van der Waals surface area contributed by atoms with Crippen molar-refractivity contribution in [1.29, 1.82) is 0 Å². The molecule has 0 saturated heterocycles. The molecule has 0 bridgehead atoms. The van der Waals surface area contributed by atoms with Crippen molar-refractivity contribution >= 4 is 11.6 Å². The lowest BCUT2D eigenvalue weighted by molar-refractivity contribution is 0.102. The lowest BCUT2D eigenvalue weighted by Crippen LogP contribution is -2.19. The molecule has 37 heavy (non-hydrogen) atoms. The molecule has 0 fully saturated rings. The molecule has 0 radical (unpaired) electrons. The third kappa shape index (κ3) is 4.76. The molecule has 1 aliphatic rings. The molecule has 6 heteroatoms. The number of benzene rings is 3. The molecule has 2 heterocycles. The van der Waals surface area contributed by atoms with Crippen LogP contribution in [0.5, 0.6) is 5.75 Å². The van der Waals surface area contributed by atoms with E-state index >= 15 is 0 Å². The summed E-state index contributed by atoms with van der Waals surface area (Å²) < 4.78 is 21.4. The second-order valence-electron chi connectivity index (χ2n) is 11.4. The van der Waals surface area contributed by atoms with Crippen LogP contribution in [0.2, 0.25) is 0 Å². The van der Waals surface area contributed by atoms with E-state index in [9.17, 15) is 9.18 Å². The molecule has 0 aliphatic carbocycles. The molecule has 0 saturated carbocycles. The third-order valence-corrected chi connectivity index (χ3v) is 6.82.